The van der Waals surface area contributed by atoms with Crippen LogP contribution in [0.25, 0.3) is 0 Å². The van der Waals surface area contributed by atoms with E-state index in [0.29, 0.717) is 28.3 Å². The number of hydrogen-bond donors (Lipinski definition) is 2. The van der Waals surface area contributed by atoms with E-state index in [-0.39, 0.29) is 11.7 Å². The lowest BCUT2D eigenvalue weighted by Crippen LogP contribution is -2.48. The highest BCUT2D eigenvalue weighted by Gasteiger charge is 2.38. The van der Waals surface area contributed by atoms with Crippen LogP contribution in [-0.4, -0.2) is 107 Å². The summed E-state index contributed by atoms with van der Waals surface area (Å²) in [5.41, 5.74) is 4.88. The van der Waals surface area contributed by atoms with Crippen LogP contribution in [0.4, 0.5) is 19.0 Å². The van der Waals surface area contributed by atoms with Gasteiger partial charge in [0, 0.05) is 57.6 Å². The fourth-order valence-electron chi connectivity index (χ4n) is 6.18. The molecule has 256 valence electrons. The number of carbonyl (C=O) groups excluding carboxylic acids is 1. The third kappa shape index (κ3) is 11.4. The fourth-order valence-corrected chi connectivity index (χ4v) is 6.59. The monoisotopic (exact) mass is 722 g/mol. The van der Waals surface area contributed by atoms with Crippen LogP contribution in [0.15, 0.2) is 34.9 Å². The Bertz CT molecular complexity index is 1370. The Morgan fingerprint density at radius 3 is 2.19 bits per heavy atom. The fraction of sp³-hybridized carbons (Fsp3) is 0.594. The first kappa shape index (κ1) is 36.5. The number of anilines is 1. The molecule has 0 unspecified atom stereocenters. The summed E-state index contributed by atoms with van der Waals surface area (Å²) in [4.78, 5) is 38.2. The van der Waals surface area contributed by atoms with E-state index in [4.69, 9.17) is 9.90 Å². The molecule has 1 aromatic carbocycles. The number of aromatic nitrogens is 2. The van der Waals surface area contributed by atoms with Gasteiger partial charge in [0.05, 0.1) is 4.47 Å². The number of alkyl halides is 3. The number of benzene rings is 1. The van der Waals surface area contributed by atoms with Crippen molar-refractivity contribution in [2.45, 2.75) is 51.2 Å². The smallest absolute Gasteiger partial charge is 0.475 e. The van der Waals surface area contributed by atoms with E-state index in [1.165, 1.54) is 50.9 Å². The van der Waals surface area contributed by atoms with E-state index in [1.54, 1.807) is 11.2 Å². The number of rotatable bonds is 9. The summed E-state index contributed by atoms with van der Waals surface area (Å²) in [7, 11) is 2.23. The number of nitrogens with one attached hydrogen (secondary N) is 1. The summed E-state index contributed by atoms with van der Waals surface area (Å²) in [6, 6.07) is 9.94. The zero-order chi connectivity index (χ0) is 34.0. The first-order valence-corrected chi connectivity index (χ1v) is 16.7. The number of piperidine rings is 1. The molecule has 47 heavy (non-hydrogen) atoms. The maximum Gasteiger partial charge on any atom is 0.490 e. The maximum absolute atomic E-state index is 13.3. The van der Waals surface area contributed by atoms with Crippen LogP contribution in [-0.2, 0) is 11.3 Å². The highest BCUT2D eigenvalue weighted by atomic mass is 79.9. The van der Waals surface area contributed by atoms with Crippen LogP contribution in [0.5, 0.6) is 0 Å². The lowest BCUT2D eigenvalue weighted by Gasteiger charge is -2.38. The molecule has 1 aliphatic carbocycles. The van der Waals surface area contributed by atoms with Crippen molar-refractivity contribution in [3.05, 3.63) is 51.9 Å². The molecule has 3 heterocycles. The molecule has 0 bridgehead atoms. The van der Waals surface area contributed by atoms with Gasteiger partial charge in [-0.3, -0.25) is 20.1 Å². The summed E-state index contributed by atoms with van der Waals surface area (Å²) < 4.78 is 32.4. The predicted octanol–water partition coefficient (Wildman–Crippen LogP) is 4.55. The molecule has 1 saturated carbocycles. The van der Waals surface area contributed by atoms with Crippen molar-refractivity contribution < 1.29 is 27.9 Å². The Kier molecular flexibility index (Phi) is 13.4. The van der Waals surface area contributed by atoms with Crippen molar-refractivity contribution in [3.63, 3.8) is 0 Å². The molecule has 0 spiro atoms. The molecule has 1 aromatic heterocycles. The SMILES string of the molecule is CN1CCC(CN2CCN(Cc3ccc(C(=O)NN(CC4CCCC4)c4nc(C#N)ncc4Br)cc3)CC2)CC1.O=C(O)C(F)(F)F. The molecular formula is C32H42BrF3N8O3. The Morgan fingerprint density at radius 1 is 1.02 bits per heavy atom. The average molecular weight is 724 g/mol. The molecule has 15 heteroatoms. The third-order valence-electron chi connectivity index (χ3n) is 8.92. The molecule has 3 fully saturated rings. The van der Waals surface area contributed by atoms with Gasteiger partial charge in [0.15, 0.2) is 5.82 Å². The zero-order valence-corrected chi connectivity index (χ0v) is 28.1. The van der Waals surface area contributed by atoms with Gasteiger partial charge in [-0.1, -0.05) is 25.0 Å². The van der Waals surface area contributed by atoms with E-state index in [9.17, 15) is 23.2 Å². The number of hydrazine groups is 1. The Balaban J connectivity index is 0.000000644. The number of hydrogen-bond acceptors (Lipinski definition) is 9. The zero-order valence-electron chi connectivity index (χ0n) is 26.6. The Morgan fingerprint density at radius 2 is 1.62 bits per heavy atom. The molecule has 2 saturated heterocycles. The van der Waals surface area contributed by atoms with Gasteiger partial charge in [-0.2, -0.15) is 23.4 Å². The van der Waals surface area contributed by atoms with Gasteiger partial charge < -0.3 is 14.9 Å². The number of carbonyl (C=O) groups is 2. The summed E-state index contributed by atoms with van der Waals surface area (Å²) >= 11 is 3.51. The van der Waals surface area contributed by atoms with E-state index in [1.807, 2.05) is 18.2 Å². The number of halogens is 4. The van der Waals surface area contributed by atoms with E-state index >= 15 is 0 Å². The first-order chi connectivity index (χ1) is 22.4. The number of carboxylic acids is 1. The summed E-state index contributed by atoms with van der Waals surface area (Å²) in [6.07, 6.45) is 3.80. The van der Waals surface area contributed by atoms with Crippen LogP contribution in [0, 0.1) is 23.2 Å². The molecule has 3 aliphatic rings. The van der Waals surface area contributed by atoms with E-state index in [2.05, 4.69) is 65.2 Å². The molecule has 0 atom stereocenters. The minimum absolute atomic E-state index is 0.0795. The number of likely N-dealkylation sites (tertiary alicyclic amines) is 1. The third-order valence-corrected chi connectivity index (χ3v) is 9.48. The normalized spacial score (nSPS) is 18.6. The van der Waals surface area contributed by atoms with Crippen LogP contribution in [0.3, 0.4) is 0 Å². The first-order valence-electron chi connectivity index (χ1n) is 15.9. The minimum Gasteiger partial charge on any atom is -0.475 e. The second-order valence-corrected chi connectivity index (χ2v) is 13.4. The number of piperazine rings is 1. The van der Waals surface area contributed by atoms with E-state index < -0.39 is 12.1 Å². The van der Waals surface area contributed by atoms with Crippen LogP contribution in [0.1, 0.15) is 60.3 Å². The van der Waals surface area contributed by atoms with Gasteiger partial charge >= 0.3 is 12.1 Å². The van der Waals surface area contributed by atoms with Crippen molar-refractivity contribution in [2.75, 3.05) is 64.4 Å². The quantitative estimate of drug-likeness (QED) is 0.356. The van der Waals surface area contributed by atoms with Crippen LogP contribution in [0.2, 0.25) is 0 Å². The summed E-state index contributed by atoms with van der Waals surface area (Å²) in [6.45, 7) is 9.71. The standard InChI is InChI=1S/C30H41BrN8O.C2HF3O2/c1-36-12-10-25(11-13-36)21-38-16-14-37(15-17-38)20-24-6-8-26(9-7-24)30(40)35-39(22-23-4-2-3-5-23)29-27(31)19-33-28(18-32)34-29;3-2(4,5)1(6)7/h6-9,19,23,25H,2-5,10-17,20-22H2,1H3,(H,35,40);(H,6,7). The van der Waals surface area contributed by atoms with Crippen molar-refractivity contribution in [3.8, 4) is 6.07 Å². The van der Waals surface area contributed by atoms with Gasteiger partial charge in [-0.05, 0) is 91.3 Å². The van der Waals surface area contributed by atoms with Crippen molar-refractivity contribution in [2.24, 2.45) is 11.8 Å². The Hall–Kier alpha value is -3.32. The molecule has 0 radical (unpaired) electrons. The van der Waals surface area contributed by atoms with Crippen LogP contribution >= 0.6 is 15.9 Å². The summed E-state index contributed by atoms with van der Waals surface area (Å²) in [5, 5.41) is 18.2. The number of carboxylic acid groups (broad SMARTS) is 1. The van der Waals surface area contributed by atoms with Gasteiger partial charge in [-0.15, -0.1) is 0 Å². The lowest BCUT2D eigenvalue weighted by molar-refractivity contribution is -0.192. The number of aliphatic carboxylic acids is 1. The number of amides is 1. The number of nitrogens with zero attached hydrogens (tertiary/aromatic N) is 7. The maximum atomic E-state index is 13.3. The molecule has 1 amide bonds. The molecule has 2 aromatic rings. The van der Waals surface area contributed by atoms with Crippen molar-refractivity contribution in [1.82, 2.24) is 30.1 Å². The van der Waals surface area contributed by atoms with Gasteiger partial charge in [-0.25, -0.2) is 9.78 Å². The highest BCUT2D eigenvalue weighted by molar-refractivity contribution is 9.10. The van der Waals surface area contributed by atoms with Gasteiger partial charge in [0.25, 0.3) is 5.91 Å². The van der Waals surface area contributed by atoms with Gasteiger partial charge in [0.2, 0.25) is 5.82 Å². The Labute approximate surface area is 281 Å². The topological polar surface area (TPSA) is 129 Å². The largest absolute Gasteiger partial charge is 0.490 e. The molecule has 2 aliphatic heterocycles. The minimum atomic E-state index is -5.08. The summed E-state index contributed by atoms with van der Waals surface area (Å²) in [5.74, 6) is -1.03. The van der Waals surface area contributed by atoms with Crippen LogP contribution < -0.4 is 10.4 Å². The number of nitriles is 1. The molecular weight excluding hydrogens is 681 g/mol. The molecule has 11 nitrogen and oxygen atoms in total. The van der Waals surface area contributed by atoms with Crippen molar-refractivity contribution in [1.29, 1.82) is 5.26 Å². The second-order valence-electron chi connectivity index (χ2n) is 12.5. The predicted molar refractivity (Wildman–Crippen MR) is 173 cm³/mol. The van der Waals surface area contributed by atoms with Crippen molar-refractivity contribution >= 4 is 33.6 Å². The van der Waals surface area contributed by atoms with E-state index in [0.717, 1.165) is 51.5 Å². The molecule has 5 rings (SSSR count). The van der Waals surface area contributed by atoms with Gasteiger partial charge in [0.1, 0.15) is 6.07 Å². The second kappa shape index (κ2) is 17.2. The lowest BCUT2D eigenvalue weighted by atomic mass is 9.96. The highest BCUT2D eigenvalue weighted by Crippen LogP contribution is 2.29. The average Bonchev–Trinajstić information content (AvgIpc) is 3.56. The molecule has 2 N–H and O–H groups in total.